The van der Waals surface area contributed by atoms with Crippen molar-refractivity contribution in [1.82, 2.24) is 14.7 Å². The summed E-state index contributed by atoms with van der Waals surface area (Å²) in [7, 11) is 1.87. The van der Waals surface area contributed by atoms with Gasteiger partial charge in [0.25, 0.3) is 0 Å². The molecule has 0 spiro atoms. The molecule has 0 aliphatic heterocycles. The molecule has 21 heavy (non-hydrogen) atoms. The summed E-state index contributed by atoms with van der Waals surface area (Å²) in [6, 6.07) is 8.38. The van der Waals surface area contributed by atoms with Crippen LogP contribution in [0.3, 0.4) is 0 Å². The summed E-state index contributed by atoms with van der Waals surface area (Å²) < 4.78 is 1.72. The second-order valence-corrected chi connectivity index (χ2v) is 6.03. The Morgan fingerprint density at radius 3 is 2.48 bits per heavy atom. The highest BCUT2D eigenvalue weighted by atomic mass is 35.5. The van der Waals surface area contributed by atoms with Crippen LogP contribution in [0, 0.1) is 6.92 Å². The lowest BCUT2D eigenvalue weighted by atomic mass is 10.1. The number of rotatable bonds is 5. The molecule has 0 amide bonds. The third-order valence-electron chi connectivity index (χ3n) is 3.79. The van der Waals surface area contributed by atoms with Crippen LogP contribution in [0.15, 0.2) is 24.3 Å². The molecule has 1 aromatic heterocycles. The van der Waals surface area contributed by atoms with Gasteiger partial charge in [0.05, 0.1) is 5.69 Å². The molecule has 2 rings (SSSR count). The number of benzene rings is 1. The van der Waals surface area contributed by atoms with Gasteiger partial charge in [-0.05, 0) is 32.4 Å². The molecule has 0 radical (unpaired) electrons. The number of anilines is 1. The van der Waals surface area contributed by atoms with E-state index in [1.807, 2.05) is 32.2 Å². The number of aromatic nitrogens is 2. The fourth-order valence-electron chi connectivity index (χ4n) is 2.37. The van der Waals surface area contributed by atoms with Crippen LogP contribution in [-0.2, 0) is 20.1 Å². The second-order valence-electron chi connectivity index (χ2n) is 5.68. The van der Waals surface area contributed by atoms with Crippen molar-refractivity contribution >= 4 is 17.3 Å². The molecule has 114 valence electrons. The number of para-hydroxylation sites is 1. The van der Waals surface area contributed by atoms with Crippen LogP contribution < -0.4 is 5.73 Å². The average Bonchev–Trinajstić information content (AvgIpc) is 2.66. The van der Waals surface area contributed by atoms with Gasteiger partial charge in [0.1, 0.15) is 5.15 Å². The zero-order valence-corrected chi connectivity index (χ0v) is 13.9. The fourth-order valence-corrected chi connectivity index (χ4v) is 2.61. The highest BCUT2D eigenvalue weighted by molar-refractivity contribution is 6.30. The first-order valence-electron chi connectivity index (χ1n) is 7.15. The van der Waals surface area contributed by atoms with E-state index in [0.29, 0.717) is 11.2 Å². The molecule has 1 aromatic carbocycles. The summed E-state index contributed by atoms with van der Waals surface area (Å²) >= 11 is 6.35. The number of nitrogen functional groups attached to an aromatic ring is 1. The van der Waals surface area contributed by atoms with E-state index in [2.05, 4.69) is 29.9 Å². The molecule has 0 bridgehead atoms. The summed E-state index contributed by atoms with van der Waals surface area (Å²) in [6.07, 6.45) is 0. The Morgan fingerprint density at radius 2 is 1.95 bits per heavy atom. The van der Waals surface area contributed by atoms with Gasteiger partial charge < -0.3 is 5.73 Å². The summed E-state index contributed by atoms with van der Waals surface area (Å²) in [5, 5.41) is 5.09. The third kappa shape index (κ3) is 3.57. The fraction of sp³-hybridized carbons (Fsp3) is 0.438. The molecule has 0 saturated heterocycles. The van der Waals surface area contributed by atoms with Crippen molar-refractivity contribution in [3.05, 3.63) is 46.2 Å². The quantitative estimate of drug-likeness (QED) is 0.862. The van der Waals surface area contributed by atoms with Crippen LogP contribution in [0.25, 0.3) is 0 Å². The van der Waals surface area contributed by atoms with Crippen LogP contribution in [0.2, 0.25) is 5.15 Å². The minimum absolute atomic E-state index is 0.389. The molecule has 0 atom stereocenters. The first kappa shape index (κ1) is 15.9. The van der Waals surface area contributed by atoms with Crippen molar-refractivity contribution in [2.75, 3.05) is 5.73 Å². The summed E-state index contributed by atoms with van der Waals surface area (Å²) in [5.74, 6) is 0. The molecule has 0 fully saturated rings. The van der Waals surface area contributed by atoms with Gasteiger partial charge in [0, 0.05) is 37.4 Å². The number of aryl methyl sites for hydroxylation is 2. The minimum Gasteiger partial charge on any atom is -0.398 e. The zero-order valence-electron chi connectivity index (χ0n) is 13.1. The molecule has 5 heteroatoms. The lowest BCUT2D eigenvalue weighted by molar-refractivity contribution is 0.203. The number of nitrogens with zero attached hydrogens (tertiary/aromatic N) is 3. The van der Waals surface area contributed by atoms with Gasteiger partial charge in [0.2, 0.25) is 0 Å². The van der Waals surface area contributed by atoms with Crippen LogP contribution >= 0.6 is 11.6 Å². The molecular weight excluding hydrogens is 284 g/mol. The van der Waals surface area contributed by atoms with E-state index in [-0.39, 0.29) is 0 Å². The van der Waals surface area contributed by atoms with Gasteiger partial charge in [-0.2, -0.15) is 5.10 Å². The highest BCUT2D eigenvalue weighted by Crippen LogP contribution is 2.23. The van der Waals surface area contributed by atoms with Crippen molar-refractivity contribution in [3.8, 4) is 0 Å². The topological polar surface area (TPSA) is 47.1 Å². The Labute approximate surface area is 131 Å². The van der Waals surface area contributed by atoms with E-state index >= 15 is 0 Å². The number of nitrogens with two attached hydrogens (primary N) is 1. The van der Waals surface area contributed by atoms with Crippen molar-refractivity contribution in [2.45, 2.75) is 39.9 Å². The van der Waals surface area contributed by atoms with Gasteiger partial charge in [0.15, 0.2) is 0 Å². The van der Waals surface area contributed by atoms with E-state index < -0.39 is 0 Å². The van der Waals surface area contributed by atoms with Gasteiger partial charge in [-0.1, -0.05) is 29.8 Å². The SMILES string of the molecule is Cc1nn(C)c(Cl)c1CN(Cc1ccccc1N)C(C)C. The lowest BCUT2D eigenvalue weighted by Gasteiger charge is -2.27. The summed E-state index contributed by atoms with van der Waals surface area (Å²) in [5.41, 5.74) is 10.1. The molecule has 0 aliphatic rings. The number of halogens is 1. The molecule has 0 aliphatic carbocycles. The third-order valence-corrected chi connectivity index (χ3v) is 4.26. The Hall–Kier alpha value is -1.52. The van der Waals surface area contributed by atoms with Crippen molar-refractivity contribution in [2.24, 2.45) is 7.05 Å². The maximum Gasteiger partial charge on any atom is 0.131 e. The smallest absolute Gasteiger partial charge is 0.131 e. The molecular formula is C16H23ClN4. The van der Waals surface area contributed by atoms with Crippen molar-refractivity contribution < 1.29 is 0 Å². The summed E-state index contributed by atoms with van der Waals surface area (Å²) in [6.45, 7) is 7.92. The first-order chi connectivity index (χ1) is 9.90. The molecule has 2 N–H and O–H groups in total. The molecule has 2 aromatic rings. The Bertz CT molecular complexity index is 619. The normalized spacial score (nSPS) is 11.6. The Kier molecular flexibility index (Phi) is 4.91. The number of hydrogen-bond acceptors (Lipinski definition) is 3. The maximum absolute atomic E-state index is 6.35. The minimum atomic E-state index is 0.389. The van der Waals surface area contributed by atoms with Gasteiger partial charge in [-0.25, -0.2) is 0 Å². The molecule has 1 heterocycles. The van der Waals surface area contributed by atoms with Gasteiger partial charge in [-0.3, -0.25) is 9.58 Å². The average molecular weight is 307 g/mol. The largest absolute Gasteiger partial charge is 0.398 e. The predicted molar refractivity (Wildman–Crippen MR) is 88.2 cm³/mol. The number of hydrogen-bond donors (Lipinski definition) is 1. The maximum atomic E-state index is 6.35. The van der Waals surface area contributed by atoms with Crippen molar-refractivity contribution in [1.29, 1.82) is 0 Å². The van der Waals surface area contributed by atoms with Crippen molar-refractivity contribution in [3.63, 3.8) is 0 Å². The predicted octanol–water partition coefficient (Wildman–Crippen LogP) is 3.37. The van der Waals surface area contributed by atoms with E-state index in [1.165, 1.54) is 0 Å². The van der Waals surface area contributed by atoms with E-state index in [4.69, 9.17) is 17.3 Å². The lowest BCUT2D eigenvalue weighted by Crippen LogP contribution is -2.30. The van der Waals surface area contributed by atoms with Crippen LogP contribution in [-0.4, -0.2) is 20.7 Å². The highest BCUT2D eigenvalue weighted by Gasteiger charge is 2.18. The zero-order chi connectivity index (χ0) is 15.6. The second kappa shape index (κ2) is 6.50. The molecule has 0 saturated carbocycles. The van der Waals surface area contributed by atoms with Crippen LogP contribution in [0.4, 0.5) is 5.69 Å². The Morgan fingerprint density at radius 1 is 1.29 bits per heavy atom. The first-order valence-corrected chi connectivity index (χ1v) is 7.53. The Balaban J connectivity index is 2.22. The van der Waals surface area contributed by atoms with Gasteiger partial charge in [-0.15, -0.1) is 0 Å². The van der Waals surface area contributed by atoms with E-state index in [0.717, 1.165) is 35.6 Å². The molecule has 0 unspecified atom stereocenters. The van der Waals surface area contributed by atoms with Crippen LogP contribution in [0.5, 0.6) is 0 Å². The standard InChI is InChI=1S/C16H23ClN4/c1-11(2)21(9-13-7-5-6-8-15(13)18)10-14-12(3)19-20(4)16(14)17/h5-8,11H,9-10,18H2,1-4H3. The molecule has 4 nitrogen and oxygen atoms in total. The van der Waals surface area contributed by atoms with E-state index in [1.54, 1.807) is 4.68 Å². The monoisotopic (exact) mass is 306 g/mol. The van der Waals surface area contributed by atoms with E-state index in [9.17, 15) is 0 Å². The van der Waals surface area contributed by atoms with Gasteiger partial charge >= 0.3 is 0 Å². The van der Waals surface area contributed by atoms with Crippen LogP contribution in [0.1, 0.15) is 30.7 Å². The summed E-state index contributed by atoms with van der Waals surface area (Å²) in [4.78, 5) is 2.35.